The maximum Gasteiger partial charge on any atom is 0.279 e. The molecule has 0 aliphatic carbocycles. The zero-order chi connectivity index (χ0) is 17.6. The number of amides is 1. The summed E-state index contributed by atoms with van der Waals surface area (Å²) in [5.74, 6) is 0.0649. The Morgan fingerprint density at radius 1 is 1.00 bits per heavy atom. The average molecular weight is 372 g/mol. The van der Waals surface area contributed by atoms with Crippen LogP contribution in [-0.4, -0.2) is 12.5 Å². The minimum atomic E-state index is 0.0649. The second-order valence-corrected chi connectivity index (χ2v) is 8.37. The lowest BCUT2D eigenvalue weighted by molar-refractivity contribution is -0.918. The van der Waals surface area contributed by atoms with Gasteiger partial charge in [-0.1, -0.05) is 29.8 Å². The molecule has 0 radical (unpaired) electrons. The van der Waals surface area contributed by atoms with E-state index in [1.165, 1.54) is 20.2 Å². The number of anilines is 1. The summed E-state index contributed by atoms with van der Waals surface area (Å²) in [5.41, 5.74) is 3.21. The maximum atomic E-state index is 12.6. The zero-order valence-corrected chi connectivity index (χ0v) is 16.2. The van der Waals surface area contributed by atoms with Crippen LogP contribution < -0.4 is 10.2 Å². The van der Waals surface area contributed by atoms with Gasteiger partial charge in [-0.3, -0.25) is 4.79 Å². The minimum Gasteiger partial charge on any atom is -0.321 e. The monoisotopic (exact) mass is 371 g/mol. The Morgan fingerprint density at radius 2 is 1.64 bits per heavy atom. The van der Waals surface area contributed by atoms with Crippen molar-refractivity contribution in [1.82, 2.24) is 0 Å². The fourth-order valence-corrected chi connectivity index (χ4v) is 4.43. The molecule has 0 saturated carbocycles. The lowest BCUT2D eigenvalue weighted by Crippen LogP contribution is -3.10. The zero-order valence-electron chi connectivity index (χ0n) is 14.5. The standard InChI is InChI=1S/C20H22N2OS2/c1-15-7-8-19(16(2)11-15)21-20(23)14-22(12-17-5-3-9-24-17)13-18-6-4-10-25-18/h3-11H,12-14H2,1-2H3,(H,21,23)/p+1. The Hall–Kier alpha value is -1.95. The molecule has 25 heavy (non-hydrogen) atoms. The lowest BCUT2D eigenvalue weighted by atomic mass is 10.1. The third kappa shape index (κ3) is 5.26. The third-order valence-corrected chi connectivity index (χ3v) is 5.83. The number of nitrogens with one attached hydrogen (secondary N) is 2. The van der Waals surface area contributed by atoms with Gasteiger partial charge in [-0.05, 0) is 48.4 Å². The molecule has 0 spiro atoms. The van der Waals surface area contributed by atoms with Crippen molar-refractivity contribution in [2.75, 3.05) is 11.9 Å². The number of hydrogen-bond acceptors (Lipinski definition) is 3. The van der Waals surface area contributed by atoms with Crippen LogP contribution >= 0.6 is 22.7 Å². The highest BCUT2D eigenvalue weighted by Crippen LogP contribution is 2.15. The smallest absolute Gasteiger partial charge is 0.279 e. The molecule has 0 bridgehead atoms. The molecule has 0 fully saturated rings. The van der Waals surface area contributed by atoms with Crippen LogP contribution in [0.1, 0.15) is 20.9 Å². The van der Waals surface area contributed by atoms with Gasteiger partial charge in [0.25, 0.3) is 5.91 Å². The highest BCUT2D eigenvalue weighted by molar-refractivity contribution is 7.10. The number of rotatable bonds is 7. The molecule has 2 N–H and O–H groups in total. The van der Waals surface area contributed by atoms with Crippen molar-refractivity contribution < 1.29 is 9.69 Å². The molecule has 3 nitrogen and oxygen atoms in total. The van der Waals surface area contributed by atoms with E-state index in [1.54, 1.807) is 22.7 Å². The van der Waals surface area contributed by atoms with Crippen LogP contribution in [0.4, 0.5) is 5.69 Å². The highest BCUT2D eigenvalue weighted by atomic mass is 32.1. The molecular formula is C20H23N2OS2+. The van der Waals surface area contributed by atoms with Crippen molar-refractivity contribution in [3.05, 3.63) is 74.1 Å². The molecular weight excluding hydrogens is 348 g/mol. The highest BCUT2D eigenvalue weighted by Gasteiger charge is 2.17. The second kappa shape index (κ2) is 8.43. The number of carbonyl (C=O) groups is 1. The van der Waals surface area contributed by atoms with Gasteiger partial charge >= 0.3 is 0 Å². The van der Waals surface area contributed by atoms with E-state index in [0.717, 1.165) is 24.3 Å². The summed E-state index contributed by atoms with van der Waals surface area (Å²) in [5, 5.41) is 7.26. The van der Waals surface area contributed by atoms with Gasteiger partial charge in [-0.25, -0.2) is 0 Å². The van der Waals surface area contributed by atoms with Crippen molar-refractivity contribution in [3.63, 3.8) is 0 Å². The minimum absolute atomic E-state index is 0.0649. The van der Waals surface area contributed by atoms with Gasteiger partial charge < -0.3 is 10.2 Å². The molecule has 2 heterocycles. The molecule has 2 aromatic heterocycles. The van der Waals surface area contributed by atoms with Crippen molar-refractivity contribution in [3.8, 4) is 0 Å². The summed E-state index contributed by atoms with van der Waals surface area (Å²) < 4.78 is 0. The van der Waals surface area contributed by atoms with Gasteiger partial charge in [0.2, 0.25) is 0 Å². The summed E-state index contributed by atoms with van der Waals surface area (Å²) in [6, 6.07) is 14.5. The van der Waals surface area contributed by atoms with Crippen LogP contribution in [0.5, 0.6) is 0 Å². The van der Waals surface area contributed by atoms with Crippen LogP contribution in [-0.2, 0) is 17.9 Å². The molecule has 0 aliphatic heterocycles. The topological polar surface area (TPSA) is 33.5 Å². The first-order chi connectivity index (χ1) is 12.1. The van der Waals surface area contributed by atoms with Crippen LogP contribution in [0.15, 0.2) is 53.2 Å². The molecule has 5 heteroatoms. The van der Waals surface area contributed by atoms with E-state index >= 15 is 0 Å². The first-order valence-electron chi connectivity index (χ1n) is 8.35. The van der Waals surface area contributed by atoms with Crippen molar-refractivity contribution in [2.45, 2.75) is 26.9 Å². The largest absolute Gasteiger partial charge is 0.321 e. The molecule has 3 rings (SSSR count). The lowest BCUT2D eigenvalue weighted by Gasteiger charge is -2.18. The Balaban J connectivity index is 1.66. The van der Waals surface area contributed by atoms with Gasteiger partial charge in [-0.15, -0.1) is 22.7 Å². The van der Waals surface area contributed by atoms with E-state index in [0.29, 0.717) is 6.54 Å². The van der Waals surface area contributed by atoms with Crippen LogP contribution in [0.25, 0.3) is 0 Å². The van der Waals surface area contributed by atoms with Gasteiger partial charge in [0.05, 0.1) is 9.75 Å². The van der Waals surface area contributed by atoms with Crippen LogP contribution in [0, 0.1) is 13.8 Å². The SMILES string of the molecule is Cc1ccc(NC(=O)C[NH+](Cc2cccs2)Cc2cccs2)c(C)c1. The Morgan fingerprint density at radius 3 is 2.16 bits per heavy atom. The number of aryl methyl sites for hydroxylation is 2. The van der Waals surface area contributed by atoms with Gasteiger partial charge in [-0.2, -0.15) is 0 Å². The summed E-state index contributed by atoms with van der Waals surface area (Å²) in [6.07, 6.45) is 0. The Bertz CT molecular complexity index is 774. The molecule has 0 saturated heterocycles. The summed E-state index contributed by atoms with van der Waals surface area (Å²) in [4.78, 5) is 16.5. The van der Waals surface area contributed by atoms with E-state index in [9.17, 15) is 4.79 Å². The van der Waals surface area contributed by atoms with Gasteiger partial charge in [0.15, 0.2) is 6.54 Å². The molecule has 130 valence electrons. The molecule has 1 amide bonds. The Kier molecular flexibility index (Phi) is 6.02. The van der Waals surface area contributed by atoms with E-state index in [1.807, 2.05) is 19.1 Å². The van der Waals surface area contributed by atoms with E-state index in [2.05, 4.69) is 53.3 Å². The Labute approximate surface area is 156 Å². The van der Waals surface area contributed by atoms with Gasteiger partial charge in [0, 0.05) is 5.69 Å². The first kappa shape index (κ1) is 17.9. The predicted molar refractivity (Wildman–Crippen MR) is 106 cm³/mol. The summed E-state index contributed by atoms with van der Waals surface area (Å²) >= 11 is 3.50. The van der Waals surface area contributed by atoms with E-state index < -0.39 is 0 Å². The van der Waals surface area contributed by atoms with Crippen molar-refractivity contribution in [1.29, 1.82) is 0 Å². The molecule has 0 unspecified atom stereocenters. The second-order valence-electron chi connectivity index (χ2n) is 6.31. The number of thiophene rings is 2. The molecule has 0 aliphatic rings. The van der Waals surface area contributed by atoms with Gasteiger partial charge in [0.1, 0.15) is 13.1 Å². The molecule has 1 aromatic carbocycles. The van der Waals surface area contributed by atoms with Crippen molar-refractivity contribution >= 4 is 34.3 Å². The third-order valence-electron chi connectivity index (χ3n) is 4.08. The first-order valence-corrected chi connectivity index (χ1v) is 10.1. The summed E-state index contributed by atoms with van der Waals surface area (Å²) in [6.45, 7) is 6.30. The van der Waals surface area contributed by atoms with Crippen LogP contribution in [0.3, 0.4) is 0 Å². The fourth-order valence-electron chi connectivity index (χ4n) is 2.88. The van der Waals surface area contributed by atoms with E-state index in [4.69, 9.17) is 0 Å². The number of hydrogen-bond donors (Lipinski definition) is 2. The van der Waals surface area contributed by atoms with E-state index in [-0.39, 0.29) is 5.91 Å². The predicted octanol–water partition coefficient (Wildman–Crippen LogP) is 3.65. The number of benzene rings is 1. The van der Waals surface area contributed by atoms with Crippen molar-refractivity contribution in [2.24, 2.45) is 0 Å². The normalized spacial score (nSPS) is 11.0. The fraction of sp³-hybridized carbons (Fsp3) is 0.250. The summed E-state index contributed by atoms with van der Waals surface area (Å²) in [7, 11) is 0. The quantitative estimate of drug-likeness (QED) is 0.653. The van der Waals surface area contributed by atoms with Crippen LogP contribution in [0.2, 0.25) is 0 Å². The number of carbonyl (C=O) groups excluding carboxylic acids is 1. The molecule has 0 atom stereocenters. The maximum absolute atomic E-state index is 12.6. The molecule has 3 aromatic rings. The average Bonchev–Trinajstić information content (AvgIpc) is 3.24. The number of quaternary nitrogens is 1.